The van der Waals surface area contributed by atoms with Gasteiger partial charge in [0.05, 0.1) is 4.47 Å². The molecule has 0 unspecified atom stereocenters. The number of benzene rings is 1. The first kappa shape index (κ1) is 7.54. The lowest BCUT2D eigenvalue weighted by Gasteiger charge is -2.00. The van der Waals surface area contributed by atoms with E-state index in [0.29, 0.717) is 10.2 Å². The minimum absolute atomic E-state index is 0.407. The first-order valence-corrected chi connectivity index (χ1v) is 3.49. The molecule has 0 heterocycles. The molecule has 53 valence electrons. The van der Waals surface area contributed by atoms with E-state index in [2.05, 4.69) is 26.7 Å². The van der Waals surface area contributed by atoms with Crippen LogP contribution in [0.25, 0.3) is 0 Å². The van der Waals surface area contributed by atoms with Crippen LogP contribution in [0.1, 0.15) is 0 Å². The van der Waals surface area contributed by atoms with Crippen LogP contribution in [0.5, 0.6) is 5.75 Å². The summed E-state index contributed by atoms with van der Waals surface area (Å²) in [6.45, 7) is -0.820. The third-order valence-corrected chi connectivity index (χ3v) is 1.59. The molecule has 1 aromatic rings. The van der Waals surface area contributed by atoms with E-state index in [0.717, 1.165) is 0 Å². The molecule has 0 aliphatic heterocycles. The zero-order chi connectivity index (χ0) is 7.40. The van der Waals surface area contributed by atoms with Crippen LogP contribution < -0.4 is 4.74 Å². The van der Waals surface area contributed by atoms with Crippen molar-refractivity contribution >= 4 is 15.9 Å². The molecule has 0 atom stereocenters. The first-order valence-electron chi connectivity index (χ1n) is 2.69. The Morgan fingerprint density at radius 3 is 3.10 bits per heavy atom. The number of alkyl halides is 1. The van der Waals surface area contributed by atoms with Gasteiger partial charge in [0.2, 0.25) is 6.86 Å². The van der Waals surface area contributed by atoms with E-state index in [-0.39, 0.29) is 0 Å². The predicted octanol–water partition coefficient (Wildman–Crippen LogP) is 2.56. The molecule has 0 amide bonds. The molecule has 1 aromatic carbocycles. The summed E-state index contributed by atoms with van der Waals surface area (Å²) in [4.78, 5) is 0. The summed E-state index contributed by atoms with van der Waals surface area (Å²) in [5.41, 5.74) is 0. The van der Waals surface area contributed by atoms with E-state index < -0.39 is 6.86 Å². The van der Waals surface area contributed by atoms with Crippen molar-refractivity contribution in [3.8, 4) is 5.75 Å². The first-order chi connectivity index (χ1) is 4.84. The molecule has 3 heteroatoms. The van der Waals surface area contributed by atoms with Gasteiger partial charge in [0.1, 0.15) is 5.75 Å². The highest BCUT2D eigenvalue weighted by molar-refractivity contribution is 9.10. The molecule has 0 saturated heterocycles. The largest absolute Gasteiger partial charge is 0.461 e. The van der Waals surface area contributed by atoms with Gasteiger partial charge in [-0.05, 0) is 22.0 Å². The molecular weight excluding hydrogens is 199 g/mol. The number of ether oxygens (including phenoxy) is 1. The van der Waals surface area contributed by atoms with Crippen molar-refractivity contribution in [3.05, 3.63) is 28.7 Å². The van der Waals surface area contributed by atoms with Gasteiger partial charge in [0.15, 0.2) is 0 Å². The minimum Gasteiger partial charge on any atom is -0.461 e. The van der Waals surface area contributed by atoms with Crippen LogP contribution in [-0.4, -0.2) is 6.86 Å². The third-order valence-electron chi connectivity index (χ3n) is 0.969. The van der Waals surface area contributed by atoms with E-state index in [1.807, 2.05) is 0 Å². The molecule has 1 rings (SSSR count). The maximum Gasteiger partial charge on any atom is 0.228 e. The van der Waals surface area contributed by atoms with Crippen LogP contribution in [0.2, 0.25) is 0 Å². The summed E-state index contributed by atoms with van der Waals surface area (Å²) in [6, 6.07) is 7.94. The molecule has 0 aliphatic carbocycles. The molecule has 0 bridgehead atoms. The minimum atomic E-state index is -0.820. The van der Waals surface area contributed by atoms with Crippen LogP contribution in [0.15, 0.2) is 22.7 Å². The Bertz CT molecular complexity index is 215. The lowest BCUT2D eigenvalue weighted by atomic mass is 10.3. The highest BCUT2D eigenvalue weighted by Gasteiger charge is 1.96. The zero-order valence-corrected chi connectivity index (χ0v) is 6.69. The van der Waals surface area contributed by atoms with Crippen molar-refractivity contribution in [2.75, 3.05) is 6.86 Å². The normalized spacial score (nSPS) is 9.40. The fraction of sp³-hybridized carbons (Fsp3) is 0.143. The Hall–Kier alpha value is -0.570. The molecule has 0 aromatic heterocycles. The summed E-state index contributed by atoms with van der Waals surface area (Å²) in [5, 5.41) is 0. The summed E-state index contributed by atoms with van der Waals surface area (Å²) < 4.78 is 16.9. The number of hydrogen-bond donors (Lipinski definition) is 0. The SMILES string of the molecule is FCOc1[c]cccc1Br. The zero-order valence-electron chi connectivity index (χ0n) is 5.10. The second-order valence-corrected chi connectivity index (χ2v) is 2.45. The molecular formula is C7H5BrFO. The Balaban J connectivity index is 2.81. The number of rotatable bonds is 2. The molecule has 0 saturated carbocycles. The molecule has 1 nitrogen and oxygen atoms in total. The molecule has 10 heavy (non-hydrogen) atoms. The summed E-state index contributed by atoms with van der Waals surface area (Å²) in [6.07, 6.45) is 0. The third kappa shape index (κ3) is 1.70. The van der Waals surface area contributed by atoms with E-state index in [9.17, 15) is 4.39 Å². The van der Waals surface area contributed by atoms with E-state index in [4.69, 9.17) is 0 Å². The maximum atomic E-state index is 11.6. The summed E-state index contributed by atoms with van der Waals surface area (Å²) in [5.74, 6) is 0.407. The Labute approximate surface area is 66.9 Å². The van der Waals surface area contributed by atoms with Gasteiger partial charge in [-0.2, -0.15) is 0 Å². The van der Waals surface area contributed by atoms with Gasteiger partial charge in [-0.25, -0.2) is 4.39 Å². The van der Waals surface area contributed by atoms with E-state index in [1.165, 1.54) is 0 Å². The van der Waals surface area contributed by atoms with Gasteiger partial charge < -0.3 is 4.74 Å². The molecule has 0 fully saturated rings. The smallest absolute Gasteiger partial charge is 0.228 e. The van der Waals surface area contributed by atoms with Gasteiger partial charge in [-0.1, -0.05) is 12.1 Å². The van der Waals surface area contributed by atoms with Crippen molar-refractivity contribution < 1.29 is 9.13 Å². The molecule has 0 spiro atoms. The molecule has 0 aliphatic rings. The fourth-order valence-corrected chi connectivity index (χ4v) is 0.948. The van der Waals surface area contributed by atoms with Crippen molar-refractivity contribution in [3.63, 3.8) is 0 Å². The Morgan fingerprint density at radius 2 is 2.50 bits per heavy atom. The number of halogens is 2. The number of hydrogen-bond acceptors (Lipinski definition) is 1. The highest BCUT2D eigenvalue weighted by atomic mass is 79.9. The highest BCUT2D eigenvalue weighted by Crippen LogP contribution is 2.22. The maximum absolute atomic E-state index is 11.6. The van der Waals surface area contributed by atoms with Crippen LogP contribution >= 0.6 is 15.9 Å². The van der Waals surface area contributed by atoms with Gasteiger partial charge >= 0.3 is 0 Å². The Kier molecular flexibility index (Phi) is 2.68. The number of para-hydroxylation sites is 1. The van der Waals surface area contributed by atoms with Gasteiger partial charge in [-0.3, -0.25) is 0 Å². The Morgan fingerprint density at radius 1 is 1.70 bits per heavy atom. The quantitative estimate of drug-likeness (QED) is 0.719. The van der Waals surface area contributed by atoms with Crippen LogP contribution in [0.4, 0.5) is 4.39 Å². The average molecular weight is 204 g/mol. The summed E-state index contributed by atoms with van der Waals surface area (Å²) in [7, 11) is 0. The molecule has 1 radical (unpaired) electrons. The lowest BCUT2D eigenvalue weighted by molar-refractivity contribution is 0.190. The van der Waals surface area contributed by atoms with Crippen LogP contribution in [0.3, 0.4) is 0 Å². The summed E-state index contributed by atoms with van der Waals surface area (Å²) >= 11 is 3.17. The lowest BCUT2D eigenvalue weighted by Crippen LogP contribution is -1.89. The van der Waals surface area contributed by atoms with Gasteiger partial charge in [0, 0.05) is 6.07 Å². The van der Waals surface area contributed by atoms with Crippen molar-refractivity contribution in [2.24, 2.45) is 0 Å². The predicted molar refractivity (Wildman–Crippen MR) is 39.6 cm³/mol. The monoisotopic (exact) mass is 203 g/mol. The van der Waals surface area contributed by atoms with Crippen molar-refractivity contribution in [1.29, 1.82) is 0 Å². The molecule has 0 N–H and O–H groups in total. The van der Waals surface area contributed by atoms with Crippen molar-refractivity contribution in [1.82, 2.24) is 0 Å². The van der Waals surface area contributed by atoms with E-state index >= 15 is 0 Å². The van der Waals surface area contributed by atoms with E-state index in [1.54, 1.807) is 18.2 Å². The fourth-order valence-electron chi connectivity index (χ4n) is 0.566. The second-order valence-electron chi connectivity index (χ2n) is 1.60. The van der Waals surface area contributed by atoms with Crippen molar-refractivity contribution in [2.45, 2.75) is 0 Å². The van der Waals surface area contributed by atoms with Crippen LogP contribution in [-0.2, 0) is 0 Å². The van der Waals surface area contributed by atoms with Crippen LogP contribution in [0, 0.1) is 6.07 Å². The second kappa shape index (κ2) is 3.56. The average Bonchev–Trinajstić information content (AvgIpc) is 1.94. The topological polar surface area (TPSA) is 9.23 Å². The van der Waals surface area contributed by atoms with Gasteiger partial charge in [-0.15, -0.1) is 0 Å². The van der Waals surface area contributed by atoms with Gasteiger partial charge in [0.25, 0.3) is 0 Å². The standard InChI is InChI=1S/C7H5BrFO/c8-6-3-1-2-4-7(6)10-5-9/h1-3H,5H2.